The van der Waals surface area contributed by atoms with Gasteiger partial charge < -0.3 is 14.8 Å². The van der Waals surface area contributed by atoms with Crippen LogP contribution >= 0.6 is 0 Å². The van der Waals surface area contributed by atoms with Crippen LogP contribution in [0, 0.1) is 17.7 Å². The Balaban J connectivity index is 1.43. The molecule has 0 aromatic carbocycles. The number of anilines is 2. The largest absolute Gasteiger partial charge is 0.441 e. The van der Waals surface area contributed by atoms with Crippen molar-refractivity contribution in [1.29, 1.82) is 0 Å². The van der Waals surface area contributed by atoms with Gasteiger partial charge in [0.15, 0.2) is 11.5 Å². The number of aromatic nitrogens is 5. The fraction of sp³-hybridized carbons (Fsp3) is 0.333. The van der Waals surface area contributed by atoms with Crippen molar-refractivity contribution in [2.24, 2.45) is 13.0 Å². The van der Waals surface area contributed by atoms with E-state index in [0.717, 1.165) is 12.3 Å². The van der Waals surface area contributed by atoms with Crippen LogP contribution in [-0.2, 0) is 21.3 Å². The van der Waals surface area contributed by atoms with E-state index in [1.807, 2.05) is 0 Å². The number of carbonyl (C=O) groups is 2. The van der Waals surface area contributed by atoms with Crippen molar-refractivity contribution in [3.05, 3.63) is 47.9 Å². The van der Waals surface area contributed by atoms with Gasteiger partial charge in [-0.25, -0.2) is 18.9 Å². The van der Waals surface area contributed by atoms with Gasteiger partial charge in [-0.05, 0) is 31.5 Å². The third-order valence-corrected chi connectivity index (χ3v) is 5.25. The molecular formula is C21H21F2N7O4. The maximum Gasteiger partial charge on any atom is 0.413 e. The Kier molecular flexibility index (Phi) is 6.45. The molecule has 34 heavy (non-hydrogen) atoms. The molecule has 178 valence electrons. The molecule has 0 radical (unpaired) electrons. The van der Waals surface area contributed by atoms with E-state index in [0.29, 0.717) is 17.8 Å². The summed E-state index contributed by atoms with van der Waals surface area (Å²) in [5.74, 6) is -1.86. The minimum atomic E-state index is -1.11. The molecule has 1 aliphatic carbocycles. The number of hydrogen-bond donors (Lipinski definition) is 2. The van der Waals surface area contributed by atoms with Gasteiger partial charge >= 0.3 is 6.09 Å². The molecule has 13 heteroatoms. The van der Waals surface area contributed by atoms with Crippen LogP contribution in [0.4, 0.5) is 25.1 Å². The Morgan fingerprint density at radius 1 is 1.21 bits per heavy atom. The first-order chi connectivity index (χ1) is 16.3. The number of halogens is 2. The second kappa shape index (κ2) is 9.47. The lowest BCUT2D eigenvalue weighted by atomic mass is 10.2. The van der Waals surface area contributed by atoms with Gasteiger partial charge in [0.1, 0.15) is 11.9 Å². The first-order valence-electron chi connectivity index (χ1n) is 10.2. The molecule has 11 nitrogen and oxygen atoms in total. The lowest BCUT2D eigenvalue weighted by Crippen LogP contribution is -2.19. The van der Waals surface area contributed by atoms with E-state index >= 15 is 0 Å². The van der Waals surface area contributed by atoms with Crippen LogP contribution in [0.5, 0.6) is 0 Å². The average molecular weight is 473 g/mol. The number of nitrogens with one attached hydrogen (secondary N) is 2. The molecular weight excluding hydrogens is 452 g/mol. The molecule has 2 unspecified atom stereocenters. The van der Waals surface area contributed by atoms with Crippen molar-refractivity contribution in [3.8, 4) is 11.4 Å². The van der Waals surface area contributed by atoms with Crippen LogP contribution < -0.4 is 10.6 Å². The second-order valence-corrected chi connectivity index (χ2v) is 7.65. The monoisotopic (exact) mass is 473 g/mol. The number of pyridine rings is 2. The van der Waals surface area contributed by atoms with Crippen LogP contribution in [0.3, 0.4) is 0 Å². The highest BCUT2D eigenvalue weighted by molar-refractivity contribution is 5.95. The summed E-state index contributed by atoms with van der Waals surface area (Å²) in [5, 5.41) is 13.2. The van der Waals surface area contributed by atoms with E-state index in [9.17, 15) is 18.4 Å². The van der Waals surface area contributed by atoms with E-state index in [4.69, 9.17) is 9.47 Å². The predicted octanol–water partition coefficient (Wildman–Crippen LogP) is 2.83. The van der Waals surface area contributed by atoms with Crippen molar-refractivity contribution in [1.82, 2.24) is 25.0 Å². The van der Waals surface area contributed by atoms with Gasteiger partial charge in [0.05, 0.1) is 41.4 Å². The number of hydrogen-bond acceptors (Lipinski definition) is 8. The smallest absolute Gasteiger partial charge is 0.413 e. The Morgan fingerprint density at radius 2 is 2.00 bits per heavy atom. The second-order valence-electron chi connectivity index (χ2n) is 7.65. The first-order valence-corrected chi connectivity index (χ1v) is 10.2. The fourth-order valence-corrected chi connectivity index (χ4v) is 3.29. The molecule has 0 saturated heterocycles. The van der Waals surface area contributed by atoms with Gasteiger partial charge in [-0.3, -0.25) is 15.1 Å². The summed E-state index contributed by atoms with van der Waals surface area (Å²) in [7, 11) is 3.11. The molecule has 2 N–H and O–H groups in total. The summed E-state index contributed by atoms with van der Waals surface area (Å²) >= 11 is 0. The molecule has 1 saturated carbocycles. The number of amides is 2. The van der Waals surface area contributed by atoms with E-state index in [2.05, 4.69) is 30.9 Å². The SMILES string of the molecule is COC1CC1C(=O)Nc1ccc(-c2nnn(C)c2NC(=O)O[C@H](C)c2cc(F)cnc2F)nc1. The zero-order chi connectivity index (χ0) is 24.4. The fourth-order valence-electron chi connectivity index (χ4n) is 3.29. The van der Waals surface area contributed by atoms with Crippen LogP contribution in [0.2, 0.25) is 0 Å². The van der Waals surface area contributed by atoms with E-state index < -0.39 is 24.0 Å². The Labute approximate surface area is 192 Å². The van der Waals surface area contributed by atoms with Crippen molar-refractivity contribution in [2.75, 3.05) is 17.7 Å². The summed E-state index contributed by atoms with van der Waals surface area (Å²) in [6.45, 7) is 1.38. The van der Waals surface area contributed by atoms with E-state index in [1.165, 1.54) is 17.8 Å². The summed E-state index contributed by atoms with van der Waals surface area (Å²) in [4.78, 5) is 32.1. The number of carbonyl (C=O) groups excluding carboxylic acids is 2. The molecule has 4 rings (SSSR count). The molecule has 3 atom stereocenters. The molecule has 0 aliphatic heterocycles. The minimum Gasteiger partial charge on any atom is -0.441 e. The Hall–Kier alpha value is -4.00. The normalized spacial score (nSPS) is 17.7. The number of nitrogens with zero attached hydrogens (tertiary/aromatic N) is 5. The number of methoxy groups -OCH3 is 1. The van der Waals surface area contributed by atoms with Gasteiger partial charge in [-0.2, -0.15) is 4.39 Å². The zero-order valence-electron chi connectivity index (χ0n) is 18.5. The molecule has 2 amide bonds. The molecule has 0 bridgehead atoms. The summed E-state index contributed by atoms with van der Waals surface area (Å²) in [5.41, 5.74) is 0.898. The summed E-state index contributed by atoms with van der Waals surface area (Å²) in [6.07, 6.45) is 0.749. The van der Waals surface area contributed by atoms with Crippen molar-refractivity contribution in [3.63, 3.8) is 0 Å². The minimum absolute atomic E-state index is 0.0587. The molecule has 1 fully saturated rings. The molecule has 1 aliphatic rings. The van der Waals surface area contributed by atoms with E-state index in [1.54, 1.807) is 26.3 Å². The molecule has 3 aromatic heterocycles. The quantitative estimate of drug-likeness (QED) is 0.501. The number of rotatable bonds is 7. The summed E-state index contributed by atoms with van der Waals surface area (Å²) in [6, 6.07) is 4.15. The third kappa shape index (κ3) is 4.98. The standard InChI is InChI=1S/C21H21F2N7O4/c1-10(13-6-11(22)8-25-18(13)23)34-21(32)27-19-17(28-29-30(19)2)15-5-4-12(9-24-15)26-20(31)14-7-16(14)33-3/h4-6,8-10,14,16H,7H2,1-3H3,(H,26,31)(H,27,32)/t10-,14?,16?/m1/s1. The molecule has 3 aromatic rings. The van der Waals surface area contributed by atoms with Gasteiger partial charge in [-0.15, -0.1) is 5.10 Å². The predicted molar refractivity (Wildman–Crippen MR) is 114 cm³/mol. The Morgan fingerprint density at radius 3 is 2.68 bits per heavy atom. The maximum absolute atomic E-state index is 13.8. The highest BCUT2D eigenvalue weighted by Crippen LogP contribution is 2.34. The maximum atomic E-state index is 13.8. The van der Waals surface area contributed by atoms with Gasteiger partial charge in [-0.1, -0.05) is 5.21 Å². The van der Waals surface area contributed by atoms with Gasteiger partial charge in [0.25, 0.3) is 0 Å². The zero-order valence-corrected chi connectivity index (χ0v) is 18.5. The van der Waals surface area contributed by atoms with Gasteiger partial charge in [0, 0.05) is 14.2 Å². The van der Waals surface area contributed by atoms with Crippen molar-refractivity contribution in [2.45, 2.75) is 25.6 Å². The first kappa shape index (κ1) is 23.2. The Bertz CT molecular complexity index is 1220. The van der Waals surface area contributed by atoms with Crippen LogP contribution in [0.15, 0.2) is 30.6 Å². The summed E-state index contributed by atoms with van der Waals surface area (Å²) < 4.78 is 38.8. The number of aryl methyl sites for hydroxylation is 1. The van der Waals surface area contributed by atoms with Crippen LogP contribution in [0.1, 0.15) is 25.0 Å². The lowest BCUT2D eigenvalue weighted by molar-refractivity contribution is -0.118. The lowest BCUT2D eigenvalue weighted by Gasteiger charge is -2.15. The van der Waals surface area contributed by atoms with Crippen LogP contribution in [-0.4, -0.2) is 50.2 Å². The number of ether oxygens (including phenoxy) is 2. The van der Waals surface area contributed by atoms with E-state index in [-0.39, 0.29) is 35.0 Å². The highest BCUT2D eigenvalue weighted by Gasteiger charge is 2.43. The average Bonchev–Trinajstić information content (AvgIpc) is 3.53. The van der Waals surface area contributed by atoms with Crippen molar-refractivity contribution < 1.29 is 27.8 Å². The molecule has 3 heterocycles. The van der Waals surface area contributed by atoms with Crippen molar-refractivity contribution >= 4 is 23.5 Å². The van der Waals surface area contributed by atoms with Gasteiger partial charge in [0.2, 0.25) is 11.9 Å². The third-order valence-electron chi connectivity index (χ3n) is 5.25. The molecule has 0 spiro atoms. The highest BCUT2D eigenvalue weighted by atomic mass is 19.1. The topological polar surface area (TPSA) is 133 Å². The van der Waals surface area contributed by atoms with Crippen LogP contribution in [0.25, 0.3) is 11.4 Å².